The largest absolute Gasteiger partial charge is 0.370 e. The molecule has 2 heterocycles. The number of carbonyl (C=O) groups is 2. The molecule has 0 unspecified atom stereocenters. The highest BCUT2D eigenvalue weighted by Crippen LogP contribution is 2.23. The van der Waals surface area contributed by atoms with Crippen molar-refractivity contribution in [3.05, 3.63) is 35.4 Å². The van der Waals surface area contributed by atoms with Gasteiger partial charge in [0.05, 0.1) is 18.6 Å². The van der Waals surface area contributed by atoms with Crippen molar-refractivity contribution in [3.63, 3.8) is 0 Å². The van der Waals surface area contributed by atoms with Gasteiger partial charge in [-0.25, -0.2) is 0 Å². The van der Waals surface area contributed by atoms with Crippen LogP contribution in [0.1, 0.15) is 30.9 Å². The fraction of sp³-hybridized carbons (Fsp3) is 0.579. The van der Waals surface area contributed by atoms with E-state index in [-0.39, 0.29) is 23.8 Å². The van der Waals surface area contributed by atoms with Crippen LogP contribution < -0.4 is 0 Å². The minimum absolute atomic E-state index is 0.0417. The van der Waals surface area contributed by atoms with Crippen LogP contribution in [-0.2, 0) is 20.9 Å². The molecule has 0 aliphatic carbocycles. The van der Waals surface area contributed by atoms with Crippen LogP contribution in [0.15, 0.2) is 24.3 Å². The molecule has 0 aromatic heterocycles. The Hall–Kier alpha value is -1.88. The topological polar surface area (TPSA) is 49.9 Å². The summed E-state index contributed by atoms with van der Waals surface area (Å²) < 4.78 is 5.91. The molecule has 5 nitrogen and oxygen atoms in total. The second-order valence-electron chi connectivity index (χ2n) is 6.91. The van der Waals surface area contributed by atoms with E-state index in [4.69, 9.17) is 4.74 Å². The Morgan fingerprint density at radius 1 is 1.17 bits per heavy atom. The number of likely N-dealkylation sites (tertiary alicyclic amines) is 2. The van der Waals surface area contributed by atoms with Gasteiger partial charge in [0.25, 0.3) is 0 Å². The van der Waals surface area contributed by atoms with E-state index in [1.54, 1.807) is 11.8 Å². The molecule has 24 heavy (non-hydrogen) atoms. The molecule has 2 saturated heterocycles. The molecular formula is C19H26N2O3. The fourth-order valence-electron chi connectivity index (χ4n) is 3.43. The molecule has 130 valence electrons. The highest BCUT2D eigenvalue weighted by atomic mass is 16.5. The van der Waals surface area contributed by atoms with E-state index >= 15 is 0 Å². The van der Waals surface area contributed by atoms with E-state index < -0.39 is 0 Å². The van der Waals surface area contributed by atoms with E-state index in [0.29, 0.717) is 26.2 Å². The maximum atomic E-state index is 12.6. The van der Waals surface area contributed by atoms with Crippen LogP contribution in [0, 0.1) is 12.8 Å². The summed E-state index contributed by atoms with van der Waals surface area (Å²) >= 11 is 0. The van der Waals surface area contributed by atoms with Crippen molar-refractivity contribution >= 4 is 11.8 Å². The zero-order valence-electron chi connectivity index (χ0n) is 14.5. The molecule has 1 atom stereocenters. The first kappa shape index (κ1) is 17.0. The van der Waals surface area contributed by atoms with Crippen LogP contribution >= 0.6 is 0 Å². The van der Waals surface area contributed by atoms with Gasteiger partial charge >= 0.3 is 0 Å². The van der Waals surface area contributed by atoms with Crippen molar-refractivity contribution in [3.8, 4) is 0 Å². The molecular weight excluding hydrogens is 304 g/mol. The number of rotatable bonds is 4. The van der Waals surface area contributed by atoms with Gasteiger partial charge in [-0.15, -0.1) is 0 Å². The maximum Gasteiger partial charge on any atom is 0.227 e. The summed E-state index contributed by atoms with van der Waals surface area (Å²) in [5.41, 5.74) is 2.43. The lowest BCUT2D eigenvalue weighted by Crippen LogP contribution is -2.58. The van der Waals surface area contributed by atoms with Gasteiger partial charge in [0.15, 0.2) is 0 Å². The standard InChI is InChI=1S/C19H26N2O3/c1-14-6-3-4-7-17(14)13-24-18-11-21(12-18)19(23)16-8-5-9-20(10-16)15(2)22/h3-4,6-7,16,18H,5,8-13H2,1-2H3/t16-/m1/s1. The quantitative estimate of drug-likeness (QED) is 0.848. The number of hydrogen-bond acceptors (Lipinski definition) is 3. The van der Waals surface area contributed by atoms with Crippen molar-refractivity contribution in [2.75, 3.05) is 26.2 Å². The minimum Gasteiger partial charge on any atom is -0.370 e. The van der Waals surface area contributed by atoms with Crippen molar-refractivity contribution in [2.24, 2.45) is 5.92 Å². The summed E-state index contributed by atoms with van der Waals surface area (Å²) in [6.07, 6.45) is 1.92. The predicted molar refractivity (Wildman–Crippen MR) is 91.3 cm³/mol. The SMILES string of the molecule is CC(=O)N1CCC[C@@H](C(=O)N2CC(OCc3ccccc3C)C2)C1. The molecule has 5 heteroatoms. The van der Waals surface area contributed by atoms with Gasteiger partial charge in [-0.05, 0) is 30.9 Å². The third-order valence-corrected chi connectivity index (χ3v) is 5.11. The lowest BCUT2D eigenvalue weighted by Gasteiger charge is -2.42. The second kappa shape index (κ2) is 7.34. The Morgan fingerprint density at radius 3 is 2.62 bits per heavy atom. The van der Waals surface area contributed by atoms with Gasteiger partial charge in [-0.1, -0.05) is 24.3 Å². The summed E-state index contributed by atoms with van der Waals surface area (Å²) in [6.45, 7) is 6.94. The lowest BCUT2D eigenvalue weighted by molar-refractivity contribution is -0.153. The Balaban J connectivity index is 1.43. The first-order chi connectivity index (χ1) is 11.5. The first-order valence-electron chi connectivity index (χ1n) is 8.75. The third kappa shape index (κ3) is 3.78. The van der Waals surface area contributed by atoms with Gasteiger partial charge in [0, 0.05) is 33.1 Å². The summed E-state index contributed by atoms with van der Waals surface area (Å²) in [5.74, 6) is 0.201. The molecule has 1 aromatic carbocycles. The molecule has 0 saturated carbocycles. The molecule has 2 aliphatic heterocycles. The normalized spacial score (nSPS) is 21.5. The van der Waals surface area contributed by atoms with E-state index in [2.05, 4.69) is 19.1 Å². The number of ether oxygens (including phenoxy) is 1. The predicted octanol–water partition coefficient (Wildman–Crippen LogP) is 1.98. The summed E-state index contributed by atoms with van der Waals surface area (Å²) in [5, 5.41) is 0. The van der Waals surface area contributed by atoms with Crippen molar-refractivity contribution in [1.82, 2.24) is 9.80 Å². The molecule has 0 spiro atoms. The van der Waals surface area contributed by atoms with Crippen molar-refractivity contribution in [1.29, 1.82) is 0 Å². The van der Waals surface area contributed by atoms with Crippen LogP contribution in [-0.4, -0.2) is 53.9 Å². The molecule has 2 fully saturated rings. The molecule has 3 rings (SSSR count). The van der Waals surface area contributed by atoms with E-state index in [1.165, 1.54) is 11.1 Å². The minimum atomic E-state index is -0.0417. The zero-order valence-corrected chi connectivity index (χ0v) is 14.5. The Bertz CT molecular complexity index is 610. The third-order valence-electron chi connectivity index (χ3n) is 5.11. The Labute approximate surface area is 143 Å². The first-order valence-corrected chi connectivity index (χ1v) is 8.75. The fourth-order valence-corrected chi connectivity index (χ4v) is 3.43. The van der Waals surface area contributed by atoms with Crippen LogP contribution in [0.3, 0.4) is 0 Å². The monoisotopic (exact) mass is 330 g/mol. The van der Waals surface area contributed by atoms with Crippen LogP contribution in [0.2, 0.25) is 0 Å². The summed E-state index contributed by atoms with van der Waals surface area (Å²) in [6, 6.07) is 8.21. The molecule has 0 bridgehead atoms. The molecule has 0 radical (unpaired) electrons. The average Bonchev–Trinajstić information content (AvgIpc) is 2.54. The number of amides is 2. The van der Waals surface area contributed by atoms with Crippen molar-refractivity contribution in [2.45, 2.75) is 39.4 Å². The van der Waals surface area contributed by atoms with Gasteiger partial charge in [0.1, 0.15) is 0 Å². The zero-order chi connectivity index (χ0) is 17.1. The Kier molecular flexibility index (Phi) is 5.19. The molecule has 1 aromatic rings. The lowest BCUT2D eigenvalue weighted by atomic mass is 9.95. The van der Waals surface area contributed by atoms with Gasteiger partial charge in [0.2, 0.25) is 11.8 Å². The molecule has 0 N–H and O–H groups in total. The highest BCUT2D eigenvalue weighted by Gasteiger charge is 2.37. The highest BCUT2D eigenvalue weighted by molar-refractivity contribution is 5.81. The van der Waals surface area contributed by atoms with Crippen molar-refractivity contribution < 1.29 is 14.3 Å². The Morgan fingerprint density at radius 2 is 1.92 bits per heavy atom. The number of hydrogen-bond donors (Lipinski definition) is 0. The van der Waals surface area contributed by atoms with Gasteiger partial charge < -0.3 is 14.5 Å². The van der Waals surface area contributed by atoms with E-state index in [0.717, 1.165) is 19.4 Å². The summed E-state index contributed by atoms with van der Waals surface area (Å²) in [7, 11) is 0. The van der Waals surface area contributed by atoms with Gasteiger partial charge in [-0.3, -0.25) is 9.59 Å². The smallest absolute Gasteiger partial charge is 0.227 e. The summed E-state index contributed by atoms with van der Waals surface area (Å²) in [4.78, 5) is 27.7. The molecule has 2 aliphatic rings. The number of piperidine rings is 1. The maximum absolute atomic E-state index is 12.6. The number of carbonyl (C=O) groups excluding carboxylic acids is 2. The number of aryl methyl sites for hydroxylation is 1. The van der Waals surface area contributed by atoms with Crippen LogP contribution in [0.5, 0.6) is 0 Å². The van der Waals surface area contributed by atoms with Crippen LogP contribution in [0.25, 0.3) is 0 Å². The molecule has 2 amide bonds. The average molecular weight is 330 g/mol. The van der Waals surface area contributed by atoms with Crippen LogP contribution in [0.4, 0.5) is 0 Å². The second-order valence-corrected chi connectivity index (χ2v) is 6.91. The van der Waals surface area contributed by atoms with E-state index in [1.807, 2.05) is 17.0 Å². The van der Waals surface area contributed by atoms with Gasteiger partial charge in [-0.2, -0.15) is 0 Å². The number of benzene rings is 1. The van der Waals surface area contributed by atoms with E-state index in [9.17, 15) is 9.59 Å². The number of nitrogens with zero attached hydrogens (tertiary/aromatic N) is 2.